The van der Waals surface area contributed by atoms with Crippen LogP contribution in [0.5, 0.6) is 0 Å². The number of rotatable bonds is 6. The molecule has 4 heteroatoms. The zero-order valence-electron chi connectivity index (χ0n) is 18.1. The summed E-state index contributed by atoms with van der Waals surface area (Å²) in [5.41, 5.74) is 3.02. The molecule has 1 unspecified atom stereocenters. The van der Waals surface area contributed by atoms with Crippen LogP contribution in [0.15, 0.2) is 66.9 Å². The van der Waals surface area contributed by atoms with E-state index in [9.17, 15) is 4.79 Å². The van der Waals surface area contributed by atoms with E-state index in [0.29, 0.717) is 6.42 Å². The van der Waals surface area contributed by atoms with Gasteiger partial charge in [-0.3, -0.25) is 14.7 Å². The minimum Gasteiger partial charge on any atom is -0.456 e. The smallest absolute Gasteiger partial charge is 0.310 e. The van der Waals surface area contributed by atoms with Gasteiger partial charge in [0, 0.05) is 23.7 Å². The summed E-state index contributed by atoms with van der Waals surface area (Å²) in [5, 5.41) is 1.08. The minimum atomic E-state index is -0.273. The average Bonchev–Trinajstić information content (AvgIpc) is 2.83. The zero-order chi connectivity index (χ0) is 21.2. The highest BCUT2D eigenvalue weighted by Crippen LogP contribution is 2.44. The number of hydrogen-bond donors (Lipinski definition) is 0. The van der Waals surface area contributed by atoms with E-state index >= 15 is 0 Å². The highest BCUT2D eigenvalue weighted by molar-refractivity contribution is 5.83. The number of nitrogens with zero attached hydrogens (tertiary/aromatic N) is 2. The van der Waals surface area contributed by atoms with Crippen LogP contribution < -0.4 is 0 Å². The van der Waals surface area contributed by atoms with Crippen LogP contribution in [0.1, 0.15) is 43.4 Å². The molecular weight excluding hydrogens is 384 g/mol. The quantitative estimate of drug-likeness (QED) is 0.521. The summed E-state index contributed by atoms with van der Waals surface area (Å²) in [5.74, 6) is 1.33. The van der Waals surface area contributed by atoms with Crippen molar-refractivity contribution in [3.63, 3.8) is 0 Å². The lowest BCUT2D eigenvalue weighted by molar-refractivity contribution is -0.157. The van der Waals surface area contributed by atoms with Crippen LogP contribution in [-0.2, 0) is 16.0 Å². The number of aromatic nitrogens is 1. The van der Waals surface area contributed by atoms with Crippen LogP contribution in [-0.4, -0.2) is 35.0 Å². The summed E-state index contributed by atoms with van der Waals surface area (Å²) < 4.78 is 6.30. The molecule has 3 aromatic rings. The van der Waals surface area contributed by atoms with Crippen molar-refractivity contribution >= 4 is 16.9 Å². The highest BCUT2D eigenvalue weighted by Gasteiger charge is 2.44. The largest absolute Gasteiger partial charge is 0.456 e. The molecule has 6 rings (SSSR count). The Balaban J connectivity index is 1.48. The first-order valence-corrected chi connectivity index (χ1v) is 11.5. The van der Waals surface area contributed by atoms with Crippen molar-refractivity contribution in [3.05, 3.63) is 78.0 Å². The van der Waals surface area contributed by atoms with Gasteiger partial charge in [0.05, 0.1) is 18.0 Å². The predicted molar refractivity (Wildman–Crippen MR) is 123 cm³/mol. The molecule has 2 bridgehead atoms. The summed E-state index contributed by atoms with van der Waals surface area (Å²) in [7, 11) is 0. The van der Waals surface area contributed by atoms with E-state index in [1.165, 1.54) is 12.8 Å². The van der Waals surface area contributed by atoms with Gasteiger partial charge in [0.25, 0.3) is 0 Å². The van der Waals surface area contributed by atoms with Gasteiger partial charge in [0.15, 0.2) is 0 Å². The molecular formula is C27H30N2O2. The number of fused-ring (bicyclic) bond motifs is 4. The van der Waals surface area contributed by atoms with Crippen molar-refractivity contribution in [3.8, 4) is 0 Å². The highest BCUT2D eigenvalue weighted by atomic mass is 16.5. The Bertz CT molecular complexity index is 1050. The van der Waals surface area contributed by atoms with Gasteiger partial charge in [-0.05, 0) is 48.9 Å². The van der Waals surface area contributed by atoms with Gasteiger partial charge >= 0.3 is 5.97 Å². The van der Waals surface area contributed by atoms with Crippen LogP contribution in [0.3, 0.4) is 0 Å². The summed E-state index contributed by atoms with van der Waals surface area (Å²) in [6.45, 7) is 4.51. The van der Waals surface area contributed by atoms with E-state index in [0.717, 1.165) is 53.4 Å². The molecule has 160 valence electrons. The fraction of sp³-hybridized carbons (Fsp3) is 0.407. The van der Waals surface area contributed by atoms with E-state index < -0.39 is 0 Å². The topological polar surface area (TPSA) is 42.4 Å². The summed E-state index contributed by atoms with van der Waals surface area (Å²) >= 11 is 0. The van der Waals surface area contributed by atoms with Crippen LogP contribution in [0, 0.1) is 11.8 Å². The van der Waals surface area contributed by atoms with Crippen molar-refractivity contribution in [1.82, 2.24) is 9.88 Å². The number of ether oxygens (including phenoxy) is 1. The lowest BCUT2D eigenvalue weighted by Gasteiger charge is -2.51. The molecule has 4 heterocycles. The van der Waals surface area contributed by atoms with Gasteiger partial charge in [0.1, 0.15) is 6.10 Å². The molecule has 5 atom stereocenters. The van der Waals surface area contributed by atoms with E-state index in [-0.39, 0.29) is 18.1 Å². The maximum atomic E-state index is 13.0. The average molecular weight is 415 g/mol. The fourth-order valence-corrected chi connectivity index (χ4v) is 5.62. The second-order valence-electron chi connectivity index (χ2n) is 9.01. The molecule has 3 saturated heterocycles. The van der Waals surface area contributed by atoms with E-state index in [2.05, 4.69) is 22.9 Å². The number of benzene rings is 2. The molecule has 3 fully saturated rings. The number of hydrogen-bond acceptors (Lipinski definition) is 4. The number of pyridine rings is 1. The van der Waals surface area contributed by atoms with E-state index in [4.69, 9.17) is 4.74 Å². The second-order valence-corrected chi connectivity index (χ2v) is 9.01. The molecule has 31 heavy (non-hydrogen) atoms. The lowest BCUT2D eigenvalue weighted by atomic mass is 9.72. The van der Waals surface area contributed by atoms with Crippen molar-refractivity contribution in [2.75, 3.05) is 13.1 Å². The summed E-state index contributed by atoms with van der Waals surface area (Å²) in [6.07, 6.45) is 5.46. The molecule has 2 aromatic carbocycles. The first-order valence-electron chi connectivity index (χ1n) is 11.5. The SMILES string of the molecule is CC[C@H]1CN2CC[C@@H]1C[C@H]2[C@H](OC(=O)Cc1ccccc1)c1ccnc2ccccc12. The predicted octanol–water partition coefficient (Wildman–Crippen LogP) is 5.18. The van der Waals surface area contributed by atoms with Crippen LogP contribution in [0.25, 0.3) is 10.9 Å². The Morgan fingerprint density at radius 1 is 1.13 bits per heavy atom. The van der Waals surface area contributed by atoms with Crippen molar-refractivity contribution in [1.29, 1.82) is 0 Å². The van der Waals surface area contributed by atoms with Crippen molar-refractivity contribution in [2.45, 2.75) is 44.8 Å². The standard InChI is InChI=1S/C27H30N2O2/c1-2-20-18-29-15-13-21(20)17-25(29)27(31-26(30)16-19-8-4-3-5-9-19)23-12-14-28-24-11-7-6-10-22(23)24/h3-12,14,20-21,25,27H,2,13,15-18H2,1H3/t20-,21+,25-,27+/m0/s1. The van der Waals surface area contributed by atoms with E-state index in [1.54, 1.807) is 0 Å². The minimum absolute atomic E-state index is 0.160. The summed E-state index contributed by atoms with van der Waals surface area (Å²) in [4.78, 5) is 20.2. The van der Waals surface area contributed by atoms with Crippen molar-refractivity contribution in [2.24, 2.45) is 11.8 Å². The number of piperidine rings is 3. The Morgan fingerprint density at radius 3 is 2.71 bits per heavy atom. The van der Waals surface area contributed by atoms with Crippen LogP contribution >= 0.6 is 0 Å². The lowest BCUT2D eigenvalue weighted by Crippen LogP contribution is -2.55. The Labute approximate surface area is 184 Å². The molecule has 0 N–H and O–H groups in total. The summed E-state index contributed by atoms with van der Waals surface area (Å²) in [6, 6.07) is 20.3. The molecule has 3 aliphatic heterocycles. The zero-order valence-corrected chi connectivity index (χ0v) is 18.1. The fourth-order valence-electron chi connectivity index (χ4n) is 5.62. The van der Waals surface area contributed by atoms with Gasteiger partial charge in [-0.25, -0.2) is 0 Å². The maximum Gasteiger partial charge on any atom is 0.310 e. The third kappa shape index (κ3) is 4.09. The molecule has 0 aliphatic carbocycles. The van der Waals surface area contributed by atoms with E-state index in [1.807, 2.05) is 60.8 Å². The molecule has 3 aliphatic rings. The molecule has 1 aromatic heterocycles. The third-order valence-corrected chi connectivity index (χ3v) is 7.25. The van der Waals surface area contributed by atoms with Crippen LogP contribution in [0.4, 0.5) is 0 Å². The Hall–Kier alpha value is -2.72. The third-order valence-electron chi connectivity index (χ3n) is 7.25. The monoisotopic (exact) mass is 414 g/mol. The van der Waals surface area contributed by atoms with Crippen LogP contribution in [0.2, 0.25) is 0 Å². The molecule has 4 nitrogen and oxygen atoms in total. The molecule has 0 amide bonds. The number of carbonyl (C=O) groups is 1. The van der Waals surface area contributed by atoms with Gasteiger partial charge in [0.2, 0.25) is 0 Å². The number of carbonyl (C=O) groups excluding carboxylic acids is 1. The Kier molecular flexibility index (Phi) is 5.73. The molecule has 0 saturated carbocycles. The first-order chi connectivity index (χ1) is 15.2. The second kappa shape index (κ2) is 8.80. The molecule has 0 spiro atoms. The number of para-hydroxylation sites is 1. The van der Waals surface area contributed by atoms with Gasteiger partial charge < -0.3 is 4.74 Å². The van der Waals surface area contributed by atoms with Gasteiger partial charge in [-0.2, -0.15) is 0 Å². The van der Waals surface area contributed by atoms with Crippen molar-refractivity contribution < 1.29 is 9.53 Å². The number of esters is 1. The Morgan fingerprint density at radius 2 is 1.94 bits per heavy atom. The van der Waals surface area contributed by atoms with Gasteiger partial charge in [-0.1, -0.05) is 61.9 Å². The normalized spacial score (nSPS) is 26.0. The molecule has 0 radical (unpaired) electrons. The first kappa shape index (κ1) is 20.2. The maximum absolute atomic E-state index is 13.0. The van der Waals surface area contributed by atoms with Gasteiger partial charge in [-0.15, -0.1) is 0 Å².